The summed E-state index contributed by atoms with van der Waals surface area (Å²) in [6.45, 7) is 0. The fraction of sp³-hybridized carbons (Fsp3) is 0.375. The molecule has 2 aromatic rings. The lowest BCUT2D eigenvalue weighted by Gasteiger charge is -2.26. The summed E-state index contributed by atoms with van der Waals surface area (Å²) in [5.74, 6) is 1.71. The summed E-state index contributed by atoms with van der Waals surface area (Å²) in [5.41, 5.74) is 2.74. The van der Waals surface area contributed by atoms with Crippen LogP contribution in [0.4, 0.5) is 0 Å². The molecule has 1 fully saturated rings. The molecule has 1 aromatic heterocycles. The van der Waals surface area contributed by atoms with Crippen LogP contribution in [-0.4, -0.2) is 7.05 Å². The molecular weight excluding hydrogens is 302 g/mol. The van der Waals surface area contributed by atoms with Crippen LogP contribution >= 0.6 is 15.9 Å². The molecule has 3 heteroatoms. The van der Waals surface area contributed by atoms with Crippen molar-refractivity contribution in [3.63, 3.8) is 0 Å². The molecule has 1 N–H and O–H groups in total. The van der Waals surface area contributed by atoms with Gasteiger partial charge in [-0.3, -0.25) is 0 Å². The van der Waals surface area contributed by atoms with Crippen molar-refractivity contribution in [3.05, 3.63) is 58.0 Å². The first-order chi connectivity index (χ1) is 9.28. The van der Waals surface area contributed by atoms with Crippen LogP contribution in [0.5, 0.6) is 0 Å². The van der Waals surface area contributed by atoms with Crippen molar-refractivity contribution < 1.29 is 4.42 Å². The quantitative estimate of drug-likeness (QED) is 0.889. The van der Waals surface area contributed by atoms with Crippen LogP contribution in [0.15, 0.2) is 45.5 Å². The van der Waals surface area contributed by atoms with E-state index in [1.807, 2.05) is 19.2 Å². The molecule has 1 saturated carbocycles. The summed E-state index contributed by atoms with van der Waals surface area (Å²) in [5, 5.41) is 3.34. The van der Waals surface area contributed by atoms with Crippen LogP contribution in [-0.2, 0) is 0 Å². The normalized spacial score (nSPS) is 17.2. The third-order valence-corrected chi connectivity index (χ3v) is 4.41. The van der Waals surface area contributed by atoms with E-state index in [-0.39, 0.29) is 6.04 Å². The topological polar surface area (TPSA) is 25.2 Å². The van der Waals surface area contributed by atoms with Gasteiger partial charge < -0.3 is 9.73 Å². The molecule has 0 saturated heterocycles. The minimum absolute atomic E-state index is 0.117. The molecule has 0 spiro atoms. The number of hydrogen-bond acceptors (Lipinski definition) is 2. The lowest BCUT2D eigenvalue weighted by Crippen LogP contribution is -2.18. The van der Waals surface area contributed by atoms with Gasteiger partial charge in [-0.2, -0.15) is 0 Å². The van der Waals surface area contributed by atoms with E-state index in [2.05, 4.69) is 45.5 Å². The maximum absolute atomic E-state index is 5.69. The van der Waals surface area contributed by atoms with E-state index < -0.39 is 0 Å². The number of benzene rings is 1. The van der Waals surface area contributed by atoms with Crippen molar-refractivity contribution in [2.24, 2.45) is 0 Å². The zero-order valence-electron chi connectivity index (χ0n) is 11.0. The minimum Gasteiger partial charge on any atom is -0.452 e. The number of hydrogen-bond donors (Lipinski definition) is 1. The fourth-order valence-corrected chi connectivity index (χ4v) is 3.01. The molecule has 0 bridgehead atoms. The second-order valence-corrected chi connectivity index (χ2v) is 5.94. The van der Waals surface area contributed by atoms with E-state index >= 15 is 0 Å². The molecule has 0 amide bonds. The Bertz CT molecular complexity index is 559. The Balaban J connectivity index is 1.90. The minimum atomic E-state index is 0.117. The van der Waals surface area contributed by atoms with Crippen molar-refractivity contribution in [3.8, 4) is 0 Å². The van der Waals surface area contributed by atoms with Crippen LogP contribution in [0.1, 0.15) is 48.1 Å². The van der Waals surface area contributed by atoms with E-state index in [0.29, 0.717) is 0 Å². The predicted molar refractivity (Wildman–Crippen MR) is 80.3 cm³/mol. The molecule has 1 aliphatic carbocycles. The molecule has 0 radical (unpaired) electrons. The van der Waals surface area contributed by atoms with Crippen molar-refractivity contribution >= 4 is 15.9 Å². The Hall–Kier alpha value is -1.06. The van der Waals surface area contributed by atoms with Gasteiger partial charge in [0.25, 0.3) is 0 Å². The predicted octanol–water partition coefficient (Wildman–Crippen LogP) is 4.62. The maximum atomic E-state index is 5.69. The second kappa shape index (κ2) is 5.51. The highest BCUT2D eigenvalue weighted by Gasteiger charge is 2.21. The van der Waals surface area contributed by atoms with Crippen molar-refractivity contribution in [2.45, 2.75) is 31.2 Å². The molecule has 1 unspecified atom stereocenters. The Morgan fingerprint density at radius 2 is 2.11 bits per heavy atom. The van der Waals surface area contributed by atoms with Crippen LogP contribution < -0.4 is 5.32 Å². The molecule has 2 nitrogen and oxygen atoms in total. The first-order valence-electron chi connectivity index (χ1n) is 6.80. The molecule has 3 rings (SSSR count). The monoisotopic (exact) mass is 319 g/mol. The summed E-state index contributed by atoms with van der Waals surface area (Å²) in [4.78, 5) is 0. The summed E-state index contributed by atoms with van der Waals surface area (Å²) in [6.07, 6.45) is 4.04. The molecule has 19 heavy (non-hydrogen) atoms. The van der Waals surface area contributed by atoms with Crippen LogP contribution in [0.3, 0.4) is 0 Å². The van der Waals surface area contributed by atoms with Gasteiger partial charge in [-0.15, -0.1) is 0 Å². The lowest BCUT2D eigenvalue weighted by atomic mass is 9.79. The third kappa shape index (κ3) is 2.63. The number of halogens is 1. The average Bonchev–Trinajstić information content (AvgIpc) is 2.75. The van der Waals surface area contributed by atoms with Gasteiger partial charge in [-0.25, -0.2) is 0 Å². The zero-order valence-corrected chi connectivity index (χ0v) is 12.6. The van der Waals surface area contributed by atoms with Crippen molar-refractivity contribution in [1.82, 2.24) is 5.32 Å². The average molecular weight is 320 g/mol. The van der Waals surface area contributed by atoms with Gasteiger partial charge in [0.15, 0.2) is 4.67 Å². The van der Waals surface area contributed by atoms with Crippen molar-refractivity contribution in [2.75, 3.05) is 7.05 Å². The second-order valence-electron chi connectivity index (χ2n) is 5.16. The number of furan rings is 1. The molecule has 100 valence electrons. The zero-order chi connectivity index (χ0) is 13.2. The van der Waals surface area contributed by atoms with Crippen molar-refractivity contribution in [1.29, 1.82) is 0 Å². The first-order valence-corrected chi connectivity index (χ1v) is 7.59. The molecule has 1 aromatic carbocycles. The molecule has 1 heterocycles. The Kier molecular flexibility index (Phi) is 3.76. The Labute approximate surface area is 122 Å². The summed E-state index contributed by atoms with van der Waals surface area (Å²) >= 11 is 3.37. The van der Waals surface area contributed by atoms with Gasteiger partial charge in [-0.1, -0.05) is 30.7 Å². The van der Waals surface area contributed by atoms with E-state index in [1.54, 1.807) is 0 Å². The van der Waals surface area contributed by atoms with Gasteiger partial charge in [0.2, 0.25) is 0 Å². The standard InChI is InChI=1S/C16H18BrNO/c1-18-16(14-8-9-15(17)19-14)13-7-3-6-12(10-13)11-4-2-5-11/h3,6-11,16,18H,2,4-5H2,1H3. The van der Waals surface area contributed by atoms with Gasteiger partial charge >= 0.3 is 0 Å². The van der Waals surface area contributed by atoms with Crippen LogP contribution in [0.25, 0.3) is 0 Å². The highest BCUT2D eigenvalue weighted by molar-refractivity contribution is 9.10. The third-order valence-electron chi connectivity index (χ3n) is 3.99. The molecule has 1 atom stereocenters. The molecule has 0 aliphatic heterocycles. The fourth-order valence-electron chi connectivity index (χ4n) is 2.69. The summed E-state index contributed by atoms with van der Waals surface area (Å²) < 4.78 is 6.46. The lowest BCUT2D eigenvalue weighted by molar-refractivity contribution is 0.418. The van der Waals surface area contributed by atoms with Gasteiger partial charge in [0, 0.05) is 0 Å². The Morgan fingerprint density at radius 3 is 2.68 bits per heavy atom. The number of nitrogens with one attached hydrogen (secondary N) is 1. The van der Waals surface area contributed by atoms with E-state index in [4.69, 9.17) is 4.42 Å². The van der Waals surface area contributed by atoms with E-state index in [1.165, 1.54) is 30.4 Å². The number of rotatable bonds is 4. The summed E-state index contributed by atoms with van der Waals surface area (Å²) in [7, 11) is 1.97. The van der Waals surface area contributed by atoms with E-state index in [9.17, 15) is 0 Å². The van der Waals surface area contributed by atoms with Gasteiger partial charge in [-0.05, 0) is 65.0 Å². The van der Waals surface area contributed by atoms with Crippen LogP contribution in [0, 0.1) is 0 Å². The smallest absolute Gasteiger partial charge is 0.169 e. The molecule has 1 aliphatic rings. The van der Waals surface area contributed by atoms with Gasteiger partial charge in [0.1, 0.15) is 5.76 Å². The largest absolute Gasteiger partial charge is 0.452 e. The first kappa shape index (κ1) is 12.9. The molecular formula is C16H18BrNO. The highest BCUT2D eigenvalue weighted by Crippen LogP contribution is 2.37. The van der Waals surface area contributed by atoms with Gasteiger partial charge in [0.05, 0.1) is 6.04 Å². The maximum Gasteiger partial charge on any atom is 0.169 e. The van der Waals surface area contributed by atoms with Crippen LogP contribution in [0.2, 0.25) is 0 Å². The Morgan fingerprint density at radius 1 is 1.26 bits per heavy atom. The summed E-state index contributed by atoms with van der Waals surface area (Å²) in [6, 6.07) is 13.0. The highest BCUT2D eigenvalue weighted by atomic mass is 79.9. The van der Waals surface area contributed by atoms with E-state index in [0.717, 1.165) is 16.3 Å². The SMILES string of the molecule is CNC(c1cccc(C2CCC2)c1)c1ccc(Br)o1.